The van der Waals surface area contributed by atoms with Crippen LogP contribution in [-0.4, -0.2) is 14.3 Å². The molecule has 6 nitrogen and oxygen atoms in total. The van der Waals surface area contributed by atoms with Crippen LogP contribution in [0, 0.1) is 25.2 Å². The van der Waals surface area contributed by atoms with Crippen LogP contribution in [0.1, 0.15) is 23.6 Å². The van der Waals surface area contributed by atoms with E-state index in [9.17, 15) is 13.2 Å². The Labute approximate surface area is 141 Å². The largest absolute Gasteiger partial charge is 0.326 e. The summed E-state index contributed by atoms with van der Waals surface area (Å²) in [5, 5.41) is 11.5. The van der Waals surface area contributed by atoms with Gasteiger partial charge in [-0.2, -0.15) is 5.26 Å². The Balaban J connectivity index is 2.39. The fourth-order valence-electron chi connectivity index (χ4n) is 2.24. The number of benzene rings is 2. The van der Waals surface area contributed by atoms with Crippen molar-refractivity contribution in [2.45, 2.75) is 25.7 Å². The average Bonchev–Trinajstić information content (AvgIpc) is 2.54. The molecule has 2 aromatic rings. The summed E-state index contributed by atoms with van der Waals surface area (Å²) < 4.78 is 27.5. The van der Waals surface area contributed by atoms with E-state index in [1.54, 1.807) is 19.1 Å². The van der Waals surface area contributed by atoms with Gasteiger partial charge in [-0.25, -0.2) is 8.42 Å². The summed E-state index contributed by atoms with van der Waals surface area (Å²) in [5.74, 6) is -0.228. The molecule has 7 heteroatoms. The van der Waals surface area contributed by atoms with E-state index in [2.05, 4.69) is 10.0 Å². The number of aryl methyl sites for hydroxylation is 1. The van der Waals surface area contributed by atoms with Crippen LogP contribution in [0.15, 0.2) is 41.3 Å². The molecule has 0 aliphatic heterocycles. The molecule has 1 amide bonds. The van der Waals surface area contributed by atoms with Gasteiger partial charge in [-0.15, -0.1) is 0 Å². The molecular weight excluding hydrogens is 326 g/mol. The molecule has 24 heavy (non-hydrogen) atoms. The topological polar surface area (TPSA) is 99.1 Å². The number of carbonyl (C=O) groups excluding carboxylic acids is 1. The summed E-state index contributed by atoms with van der Waals surface area (Å²) in [7, 11) is -3.79. The van der Waals surface area contributed by atoms with Crippen LogP contribution >= 0.6 is 0 Å². The summed E-state index contributed by atoms with van der Waals surface area (Å²) in [6.45, 7) is 4.96. The van der Waals surface area contributed by atoms with Gasteiger partial charge in [-0.1, -0.05) is 6.07 Å². The molecule has 0 saturated heterocycles. The first-order valence-electron chi connectivity index (χ1n) is 7.15. The first-order valence-corrected chi connectivity index (χ1v) is 8.63. The fraction of sp³-hybridized carbons (Fsp3) is 0.176. The van der Waals surface area contributed by atoms with Crippen molar-refractivity contribution in [3.8, 4) is 6.07 Å². The minimum Gasteiger partial charge on any atom is -0.326 e. The van der Waals surface area contributed by atoms with Gasteiger partial charge in [0.1, 0.15) is 0 Å². The highest BCUT2D eigenvalue weighted by atomic mass is 32.2. The zero-order valence-corrected chi connectivity index (χ0v) is 14.4. The van der Waals surface area contributed by atoms with Crippen molar-refractivity contribution >= 4 is 27.3 Å². The number of hydrogen-bond acceptors (Lipinski definition) is 4. The Hall–Kier alpha value is -2.85. The molecule has 0 fully saturated rings. The van der Waals surface area contributed by atoms with Crippen molar-refractivity contribution in [2.75, 3.05) is 10.0 Å². The van der Waals surface area contributed by atoms with E-state index >= 15 is 0 Å². The number of amides is 1. The molecule has 0 saturated carbocycles. The minimum absolute atomic E-state index is 0.0579. The van der Waals surface area contributed by atoms with E-state index in [1.165, 1.54) is 31.2 Å². The standard InChI is InChI=1S/C17H17N3O3S/c1-11-4-9-16(12(2)17(11)19-13(3)21)20-24(22,23)15-7-5-14(10-18)6-8-15/h4-9,20H,1-3H3,(H,19,21). The third kappa shape index (κ3) is 3.73. The molecule has 124 valence electrons. The van der Waals surface area contributed by atoms with Crippen LogP contribution in [0.4, 0.5) is 11.4 Å². The average molecular weight is 343 g/mol. The predicted octanol–water partition coefficient (Wildman–Crippen LogP) is 2.93. The molecule has 2 rings (SSSR count). The van der Waals surface area contributed by atoms with Gasteiger partial charge in [0.05, 0.1) is 22.2 Å². The summed E-state index contributed by atoms with van der Waals surface area (Å²) in [4.78, 5) is 11.4. The molecular formula is C17H17N3O3S. The Bertz CT molecular complexity index is 927. The van der Waals surface area contributed by atoms with Crippen LogP contribution in [0.25, 0.3) is 0 Å². The second kappa shape index (κ2) is 6.72. The maximum atomic E-state index is 12.5. The lowest BCUT2D eigenvalue weighted by atomic mass is 10.1. The SMILES string of the molecule is CC(=O)Nc1c(C)ccc(NS(=O)(=O)c2ccc(C#N)cc2)c1C. The molecule has 0 aliphatic rings. The fourth-order valence-corrected chi connectivity index (χ4v) is 3.36. The van der Waals surface area contributed by atoms with Crippen LogP contribution in [0.2, 0.25) is 0 Å². The normalized spacial score (nSPS) is 10.8. The van der Waals surface area contributed by atoms with E-state index in [4.69, 9.17) is 5.26 Å². The van der Waals surface area contributed by atoms with E-state index < -0.39 is 10.0 Å². The zero-order valence-electron chi connectivity index (χ0n) is 13.5. The third-order valence-electron chi connectivity index (χ3n) is 3.51. The maximum Gasteiger partial charge on any atom is 0.261 e. The van der Waals surface area contributed by atoms with Crippen LogP contribution < -0.4 is 10.0 Å². The molecule has 0 bridgehead atoms. The highest BCUT2D eigenvalue weighted by Gasteiger charge is 2.17. The highest BCUT2D eigenvalue weighted by Crippen LogP contribution is 2.29. The van der Waals surface area contributed by atoms with Crippen LogP contribution in [0.3, 0.4) is 0 Å². The Morgan fingerprint density at radius 3 is 2.25 bits per heavy atom. The smallest absolute Gasteiger partial charge is 0.261 e. The van der Waals surface area contributed by atoms with Crippen molar-refractivity contribution in [3.05, 3.63) is 53.1 Å². The first kappa shape index (κ1) is 17.5. The van der Waals surface area contributed by atoms with Gasteiger partial charge in [0.15, 0.2) is 0 Å². The Morgan fingerprint density at radius 2 is 1.71 bits per heavy atom. The maximum absolute atomic E-state index is 12.5. The molecule has 2 aromatic carbocycles. The van der Waals surface area contributed by atoms with E-state index in [0.717, 1.165) is 5.56 Å². The predicted molar refractivity (Wildman–Crippen MR) is 92.2 cm³/mol. The van der Waals surface area contributed by atoms with Crippen molar-refractivity contribution in [1.82, 2.24) is 0 Å². The lowest BCUT2D eigenvalue weighted by Crippen LogP contribution is -2.15. The molecule has 2 N–H and O–H groups in total. The van der Waals surface area contributed by atoms with Crippen molar-refractivity contribution in [3.63, 3.8) is 0 Å². The van der Waals surface area contributed by atoms with Gasteiger partial charge < -0.3 is 5.32 Å². The number of hydrogen-bond donors (Lipinski definition) is 2. The van der Waals surface area contributed by atoms with Gasteiger partial charge in [-0.05, 0) is 55.3 Å². The van der Waals surface area contributed by atoms with Crippen molar-refractivity contribution in [1.29, 1.82) is 5.26 Å². The molecule has 0 radical (unpaired) electrons. The summed E-state index contributed by atoms with van der Waals surface area (Å²) in [6.07, 6.45) is 0. The quantitative estimate of drug-likeness (QED) is 0.891. The molecule has 0 heterocycles. The Morgan fingerprint density at radius 1 is 1.08 bits per heavy atom. The number of anilines is 2. The van der Waals surface area contributed by atoms with Crippen LogP contribution in [-0.2, 0) is 14.8 Å². The Kier molecular flexibility index (Phi) is 4.90. The number of rotatable bonds is 4. The van der Waals surface area contributed by atoms with E-state index in [0.29, 0.717) is 22.5 Å². The number of sulfonamides is 1. The van der Waals surface area contributed by atoms with E-state index in [-0.39, 0.29) is 10.8 Å². The molecule has 0 aliphatic carbocycles. The molecule has 0 unspecified atom stereocenters. The van der Waals surface area contributed by atoms with E-state index in [1.807, 2.05) is 13.0 Å². The number of nitrogens with zero attached hydrogens (tertiary/aromatic N) is 1. The van der Waals surface area contributed by atoms with Gasteiger partial charge in [0, 0.05) is 12.6 Å². The lowest BCUT2D eigenvalue weighted by Gasteiger charge is -2.16. The number of nitriles is 1. The second-order valence-electron chi connectivity index (χ2n) is 5.35. The highest BCUT2D eigenvalue weighted by molar-refractivity contribution is 7.92. The third-order valence-corrected chi connectivity index (χ3v) is 4.89. The van der Waals surface area contributed by atoms with Gasteiger partial charge in [-0.3, -0.25) is 9.52 Å². The van der Waals surface area contributed by atoms with Gasteiger partial charge in [0.2, 0.25) is 5.91 Å². The number of nitrogens with one attached hydrogen (secondary N) is 2. The lowest BCUT2D eigenvalue weighted by molar-refractivity contribution is -0.114. The number of carbonyl (C=O) groups is 1. The molecule has 0 spiro atoms. The first-order chi connectivity index (χ1) is 11.2. The van der Waals surface area contributed by atoms with Crippen molar-refractivity contribution in [2.24, 2.45) is 0 Å². The summed E-state index contributed by atoms with van der Waals surface area (Å²) >= 11 is 0. The molecule has 0 aromatic heterocycles. The van der Waals surface area contributed by atoms with Crippen LogP contribution in [0.5, 0.6) is 0 Å². The minimum atomic E-state index is -3.79. The summed E-state index contributed by atoms with van der Waals surface area (Å²) in [6, 6.07) is 11.0. The van der Waals surface area contributed by atoms with Gasteiger partial charge in [0.25, 0.3) is 10.0 Å². The summed E-state index contributed by atoms with van der Waals surface area (Å²) in [5.41, 5.74) is 2.82. The van der Waals surface area contributed by atoms with Gasteiger partial charge >= 0.3 is 0 Å². The molecule has 0 atom stereocenters. The van der Waals surface area contributed by atoms with Crippen molar-refractivity contribution < 1.29 is 13.2 Å². The monoisotopic (exact) mass is 343 g/mol. The zero-order chi connectivity index (χ0) is 17.9. The second-order valence-corrected chi connectivity index (χ2v) is 7.04.